The number of aliphatic carboxylic acids is 1. The second kappa shape index (κ2) is 5.54. The first-order valence-electron chi connectivity index (χ1n) is 8.02. The van der Waals surface area contributed by atoms with Crippen molar-refractivity contribution in [2.24, 2.45) is 0 Å². The molecule has 6 nitrogen and oxygen atoms in total. The van der Waals surface area contributed by atoms with Gasteiger partial charge in [-0.1, -0.05) is 18.2 Å². The monoisotopic (exact) mass is 330 g/mol. The van der Waals surface area contributed by atoms with Gasteiger partial charge in [-0.15, -0.1) is 0 Å². The molecule has 0 fully saturated rings. The Balaban J connectivity index is 2.06. The summed E-state index contributed by atoms with van der Waals surface area (Å²) < 4.78 is 5.43. The molecule has 1 aliphatic rings. The number of nitrogens with zero attached hydrogens (tertiary/aromatic N) is 1. The Bertz CT molecular complexity index is 803. The zero-order valence-corrected chi connectivity index (χ0v) is 14.3. The number of ether oxygens (including phenoxy) is 1. The van der Waals surface area contributed by atoms with Crippen molar-refractivity contribution in [2.75, 3.05) is 0 Å². The molecule has 0 radical (unpaired) electrons. The first-order chi connectivity index (χ1) is 11.2. The predicted molar refractivity (Wildman–Crippen MR) is 89.9 cm³/mol. The van der Waals surface area contributed by atoms with Crippen molar-refractivity contribution >= 4 is 23.0 Å². The number of H-pyrrole nitrogens is 1. The molecule has 0 aliphatic carbocycles. The van der Waals surface area contributed by atoms with Gasteiger partial charge >= 0.3 is 12.1 Å². The third-order valence-corrected chi connectivity index (χ3v) is 4.30. The third-order valence-electron chi connectivity index (χ3n) is 4.30. The van der Waals surface area contributed by atoms with E-state index in [4.69, 9.17) is 4.74 Å². The first kappa shape index (κ1) is 16.4. The van der Waals surface area contributed by atoms with Crippen molar-refractivity contribution in [1.29, 1.82) is 0 Å². The minimum absolute atomic E-state index is 0.262. The summed E-state index contributed by atoms with van der Waals surface area (Å²) in [5.74, 6) is -1.02. The lowest BCUT2D eigenvalue weighted by Gasteiger charge is -2.39. The maximum Gasteiger partial charge on any atom is 0.411 e. The number of fused-ring (bicyclic) bond motifs is 3. The van der Waals surface area contributed by atoms with Crippen molar-refractivity contribution < 1.29 is 19.4 Å². The summed E-state index contributed by atoms with van der Waals surface area (Å²) in [6.45, 7) is 7.13. The van der Waals surface area contributed by atoms with Gasteiger partial charge in [0, 0.05) is 23.0 Å². The van der Waals surface area contributed by atoms with E-state index in [1.54, 1.807) is 20.8 Å². The largest absolute Gasteiger partial charge is 0.480 e. The Morgan fingerprint density at radius 1 is 1.29 bits per heavy atom. The molecule has 0 unspecified atom stereocenters. The van der Waals surface area contributed by atoms with E-state index in [1.807, 2.05) is 31.2 Å². The highest BCUT2D eigenvalue weighted by Crippen LogP contribution is 2.37. The summed E-state index contributed by atoms with van der Waals surface area (Å²) in [5, 5.41) is 10.7. The van der Waals surface area contributed by atoms with Crippen LogP contribution in [0.4, 0.5) is 4.79 Å². The quantitative estimate of drug-likeness (QED) is 0.838. The van der Waals surface area contributed by atoms with Gasteiger partial charge in [0.05, 0.1) is 6.04 Å². The third kappa shape index (κ3) is 2.72. The second-order valence-corrected chi connectivity index (χ2v) is 7.18. The fraction of sp³-hybridized carbons (Fsp3) is 0.444. The number of carbonyl (C=O) groups excluding carboxylic acids is 1. The van der Waals surface area contributed by atoms with E-state index in [0.717, 1.165) is 22.2 Å². The number of carboxylic acids is 1. The van der Waals surface area contributed by atoms with Crippen molar-refractivity contribution in [2.45, 2.75) is 51.8 Å². The summed E-state index contributed by atoms with van der Waals surface area (Å²) >= 11 is 0. The summed E-state index contributed by atoms with van der Waals surface area (Å²) in [6.07, 6.45) is -0.343. The molecule has 1 aromatic heterocycles. The minimum atomic E-state index is -1.02. The van der Waals surface area contributed by atoms with Crippen LogP contribution in [0.1, 0.15) is 45.0 Å². The van der Waals surface area contributed by atoms with Gasteiger partial charge in [-0.25, -0.2) is 9.59 Å². The number of nitrogens with one attached hydrogen (secondary N) is 1. The lowest BCUT2D eigenvalue weighted by Crippen LogP contribution is -2.51. The molecule has 2 atom stereocenters. The predicted octanol–water partition coefficient (Wildman–Crippen LogP) is 3.48. The van der Waals surface area contributed by atoms with Crippen LogP contribution in [0.2, 0.25) is 0 Å². The fourth-order valence-electron chi connectivity index (χ4n) is 3.30. The molecule has 1 aromatic carbocycles. The van der Waals surface area contributed by atoms with Crippen LogP contribution in [0.3, 0.4) is 0 Å². The van der Waals surface area contributed by atoms with Gasteiger partial charge in [0.2, 0.25) is 0 Å². The van der Waals surface area contributed by atoms with Crippen LogP contribution in [-0.4, -0.2) is 38.7 Å². The smallest absolute Gasteiger partial charge is 0.411 e. The van der Waals surface area contributed by atoms with E-state index in [-0.39, 0.29) is 6.42 Å². The number of aromatic nitrogens is 1. The SMILES string of the molecule is C[C@H]1c2[nH]c3ccccc3c2C[C@@H](C(=O)O)N1C(=O)OC(C)(C)C. The topological polar surface area (TPSA) is 82.6 Å². The van der Waals surface area contributed by atoms with Gasteiger partial charge in [-0.2, -0.15) is 0 Å². The molecule has 0 bridgehead atoms. The van der Waals surface area contributed by atoms with E-state index in [9.17, 15) is 14.7 Å². The van der Waals surface area contributed by atoms with Gasteiger partial charge in [0.1, 0.15) is 11.6 Å². The Hall–Kier alpha value is -2.50. The van der Waals surface area contributed by atoms with Crippen LogP contribution in [0.5, 0.6) is 0 Å². The molecule has 3 rings (SSSR count). The highest BCUT2D eigenvalue weighted by Gasteiger charge is 2.42. The van der Waals surface area contributed by atoms with E-state index < -0.39 is 29.7 Å². The van der Waals surface area contributed by atoms with E-state index in [1.165, 1.54) is 4.90 Å². The van der Waals surface area contributed by atoms with Gasteiger partial charge < -0.3 is 14.8 Å². The number of rotatable bonds is 1. The second-order valence-electron chi connectivity index (χ2n) is 7.18. The molecule has 2 aromatic rings. The van der Waals surface area contributed by atoms with Crippen LogP contribution < -0.4 is 0 Å². The summed E-state index contributed by atoms with van der Waals surface area (Å²) in [4.78, 5) is 29.0. The lowest BCUT2D eigenvalue weighted by molar-refractivity contribution is -0.144. The van der Waals surface area contributed by atoms with Crippen molar-refractivity contribution in [3.05, 3.63) is 35.5 Å². The Kier molecular flexibility index (Phi) is 3.78. The van der Waals surface area contributed by atoms with Gasteiger partial charge in [-0.3, -0.25) is 4.90 Å². The van der Waals surface area contributed by atoms with Gasteiger partial charge in [0.25, 0.3) is 0 Å². The average Bonchev–Trinajstić information content (AvgIpc) is 2.84. The maximum absolute atomic E-state index is 12.6. The zero-order chi connectivity index (χ0) is 17.6. The molecule has 1 aliphatic heterocycles. The van der Waals surface area contributed by atoms with Crippen LogP contribution in [0, 0.1) is 0 Å². The zero-order valence-electron chi connectivity index (χ0n) is 14.3. The molecule has 2 N–H and O–H groups in total. The molecule has 1 amide bonds. The number of para-hydroxylation sites is 1. The Morgan fingerprint density at radius 2 is 1.96 bits per heavy atom. The van der Waals surface area contributed by atoms with Gasteiger partial charge in [0.15, 0.2) is 0 Å². The molecule has 24 heavy (non-hydrogen) atoms. The molecular weight excluding hydrogens is 308 g/mol. The lowest BCUT2D eigenvalue weighted by atomic mass is 9.92. The van der Waals surface area contributed by atoms with Crippen LogP contribution in [0.15, 0.2) is 24.3 Å². The van der Waals surface area contributed by atoms with Crippen molar-refractivity contribution in [1.82, 2.24) is 9.88 Å². The minimum Gasteiger partial charge on any atom is -0.480 e. The van der Waals surface area contributed by atoms with Crippen LogP contribution >= 0.6 is 0 Å². The van der Waals surface area contributed by atoms with Crippen molar-refractivity contribution in [3.8, 4) is 0 Å². The summed E-state index contributed by atoms with van der Waals surface area (Å²) in [5.41, 5.74) is 2.11. The molecule has 6 heteroatoms. The molecule has 2 heterocycles. The molecule has 128 valence electrons. The van der Waals surface area contributed by atoms with Crippen LogP contribution in [0.25, 0.3) is 10.9 Å². The summed E-state index contributed by atoms with van der Waals surface area (Å²) in [7, 11) is 0. The number of hydrogen-bond acceptors (Lipinski definition) is 3. The first-order valence-corrected chi connectivity index (χ1v) is 8.02. The Morgan fingerprint density at radius 3 is 2.58 bits per heavy atom. The Labute approximate surface area is 140 Å². The van der Waals surface area contributed by atoms with Crippen molar-refractivity contribution in [3.63, 3.8) is 0 Å². The highest BCUT2D eigenvalue weighted by atomic mass is 16.6. The highest BCUT2D eigenvalue weighted by molar-refractivity contribution is 5.88. The molecular formula is C18H22N2O4. The maximum atomic E-state index is 12.6. The molecule has 0 spiro atoms. The number of carbonyl (C=O) groups is 2. The van der Waals surface area contributed by atoms with E-state index in [2.05, 4.69) is 4.98 Å². The standard InChI is InChI=1S/C18H22N2O4/c1-10-15-12(11-7-5-6-8-13(11)19-15)9-14(16(21)22)20(10)17(23)24-18(2,3)4/h5-8,10,14,19H,9H2,1-4H3,(H,21,22)/t10-,14-/m0/s1. The average molecular weight is 330 g/mol. The number of amides is 1. The molecule has 0 saturated carbocycles. The fourth-order valence-corrected chi connectivity index (χ4v) is 3.30. The summed E-state index contributed by atoms with van der Waals surface area (Å²) in [6, 6.07) is 6.43. The van der Waals surface area contributed by atoms with E-state index in [0.29, 0.717) is 0 Å². The number of carboxylic acid groups (broad SMARTS) is 1. The van der Waals surface area contributed by atoms with E-state index >= 15 is 0 Å². The number of benzene rings is 1. The van der Waals surface area contributed by atoms with Gasteiger partial charge in [-0.05, 0) is 39.3 Å². The normalized spacial score (nSPS) is 20.8. The molecule has 0 saturated heterocycles. The number of aromatic amines is 1. The number of hydrogen-bond donors (Lipinski definition) is 2. The van der Waals surface area contributed by atoms with Crippen LogP contribution in [-0.2, 0) is 16.0 Å².